The lowest BCUT2D eigenvalue weighted by Crippen LogP contribution is -2.40. The van der Waals surface area contributed by atoms with Crippen molar-refractivity contribution in [3.8, 4) is 5.75 Å². The second kappa shape index (κ2) is 7.80. The summed E-state index contributed by atoms with van der Waals surface area (Å²) in [5.41, 5.74) is 1.44. The molecular formula is C19H20BrNO4S. The number of hydrogen-bond acceptors (Lipinski definition) is 4. The topological polar surface area (TPSA) is 63.7 Å². The predicted octanol–water partition coefficient (Wildman–Crippen LogP) is 3.29. The van der Waals surface area contributed by atoms with Gasteiger partial charge in [0, 0.05) is 22.6 Å². The number of rotatable bonds is 5. The number of carbonyl (C=O) groups is 1. The fourth-order valence-electron chi connectivity index (χ4n) is 3.11. The maximum Gasteiger partial charge on any atom is 0.254 e. The molecular weight excluding hydrogens is 418 g/mol. The van der Waals surface area contributed by atoms with Gasteiger partial charge in [-0.1, -0.05) is 28.1 Å². The van der Waals surface area contributed by atoms with E-state index in [0.717, 1.165) is 10.0 Å². The summed E-state index contributed by atoms with van der Waals surface area (Å²) in [5, 5.41) is 0. The van der Waals surface area contributed by atoms with Crippen molar-refractivity contribution in [3.63, 3.8) is 0 Å². The molecule has 0 spiro atoms. The summed E-state index contributed by atoms with van der Waals surface area (Å²) < 4.78 is 30.0. The molecule has 7 heteroatoms. The summed E-state index contributed by atoms with van der Waals surface area (Å²) in [5.74, 6) is 0.680. The Kier molecular flexibility index (Phi) is 5.67. The van der Waals surface area contributed by atoms with Crippen molar-refractivity contribution in [3.05, 3.63) is 64.1 Å². The van der Waals surface area contributed by atoms with E-state index in [1.807, 2.05) is 36.4 Å². The molecule has 3 rings (SSSR count). The summed E-state index contributed by atoms with van der Waals surface area (Å²) in [6.07, 6.45) is 0.467. The molecule has 1 fully saturated rings. The monoisotopic (exact) mass is 437 g/mol. The number of hydrogen-bond donors (Lipinski definition) is 0. The van der Waals surface area contributed by atoms with Crippen LogP contribution in [0.2, 0.25) is 0 Å². The van der Waals surface area contributed by atoms with Gasteiger partial charge in [-0.2, -0.15) is 0 Å². The SMILES string of the molecule is COc1cccc(CN(C(=O)c2ccc(Br)cc2)[C@H]2CCS(=O)(=O)C2)c1. The fraction of sp³-hybridized carbons (Fsp3) is 0.316. The van der Waals surface area contributed by atoms with Crippen molar-refractivity contribution < 1.29 is 17.9 Å². The van der Waals surface area contributed by atoms with Crippen molar-refractivity contribution in [1.82, 2.24) is 4.90 Å². The normalized spacial score (nSPS) is 18.5. The lowest BCUT2D eigenvalue weighted by Gasteiger charge is -2.28. The first-order valence-corrected chi connectivity index (χ1v) is 10.9. The molecule has 138 valence electrons. The molecule has 2 aromatic rings. The molecule has 1 saturated heterocycles. The van der Waals surface area contributed by atoms with Gasteiger partial charge in [-0.15, -0.1) is 0 Å². The number of halogens is 1. The molecule has 2 aromatic carbocycles. The highest BCUT2D eigenvalue weighted by Crippen LogP contribution is 2.24. The van der Waals surface area contributed by atoms with Crippen LogP contribution < -0.4 is 4.74 Å². The van der Waals surface area contributed by atoms with Gasteiger partial charge < -0.3 is 9.64 Å². The first-order valence-electron chi connectivity index (χ1n) is 8.28. The minimum Gasteiger partial charge on any atom is -0.497 e. The third-order valence-electron chi connectivity index (χ3n) is 4.49. The summed E-state index contributed by atoms with van der Waals surface area (Å²) in [6, 6.07) is 14.3. The van der Waals surface area contributed by atoms with Gasteiger partial charge in [0.25, 0.3) is 5.91 Å². The molecule has 1 heterocycles. The average molecular weight is 438 g/mol. The smallest absolute Gasteiger partial charge is 0.254 e. The highest BCUT2D eigenvalue weighted by molar-refractivity contribution is 9.10. The van der Waals surface area contributed by atoms with Gasteiger partial charge in [-0.05, 0) is 48.4 Å². The number of methoxy groups -OCH3 is 1. The zero-order valence-electron chi connectivity index (χ0n) is 14.4. The number of carbonyl (C=O) groups excluding carboxylic acids is 1. The van der Waals surface area contributed by atoms with Gasteiger partial charge in [0.05, 0.1) is 18.6 Å². The lowest BCUT2D eigenvalue weighted by atomic mass is 10.1. The Morgan fingerprint density at radius 2 is 1.96 bits per heavy atom. The van der Waals surface area contributed by atoms with E-state index in [2.05, 4.69) is 15.9 Å². The molecule has 1 atom stereocenters. The van der Waals surface area contributed by atoms with E-state index < -0.39 is 9.84 Å². The van der Waals surface area contributed by atoms with E-state index >= 15 is 0 Å². The minimum absolute atomic E-state index is 0.0131. The van der Waals surface area contributed by atoms with E-state index in [0.29, 0.717) is 24.3 Å². The van der Waals surface area contributed by atoms with E-state index in [-0.39, 0.29) is 23.5 Å². The standard InChI is InChI=1S/C19H20BrNO4S/c1-25-18-4-2-3-14(11-18)12-21(17-9-10-26(23,24)13-17)19(22)15-5-7-16(20)8-6-15/h2-8,11,17H,9-10,12-13H2,1H3/t17-/m0/s1. The molecule has 1 aliphatic rings. The highest BCUT2D eigenvalue weighted by atomic mass is 79.9. The first kappa shape index (κ1) is 18.9. The largest absolute Gasteiger partial charge is 0.497 e. The molecule has 0 bridgehead atoms. The summed E-state index contributed by atoms with van der Waals surface area (Å²) in [6.45, 7) is 0.340. The van der Waals surface area contributed by atoms with Gasteiger partial charge >= 0.3 is 0 Å². The second-order valence-electron chi connectivity index (χ2n) is 6.35. The third-order valence-corrected chi connectivity index (χ3v) is 6.77. The van der Waals surface area contributed by atoms with Crippen LogP contribution in [0.4, 0.5) is 0 Å². The Balaban J connectivity index is 1.90. The zero-order chi connectivity index (χ0) is 18.7. The van der Waals surface area contributed by atoms with Crippen LogP contribution in [-0.2, 0) is 16.4 Å². The maximum atomic E-state index is 13.1. The number of amides is 1. The Bertz CT molecular complexity index is 896. The van der Waals surface area contributed by atoms with Gasteiger partial charge in [-0.25, -0.2) is 8.42 Å². The van der Waals surface area contributed by atoms with Gasteiger partial charge in [0.15, 0.2) is 9.84 Å². The molecule has 0 N–H and O–H groups in total. The van der Waals surface area contributed by atoms with Crippen molar-refractivity contribution in [2.24, 2.45) is 0 Å². The Morgan fingerprint density at radius 3 is 2.58 bits per heavy atom. The second-order valence-corrected chi connectivity index (χ2v) is 9.49. The van der Waals surface area contributed by atoms with Gasteiger partial charge in [0.2, 0.25) is 0 Å². The van der Waals surface area contributed by atoms with Crippen molar-refractivity contribution in [1.29, 1.82) is 0 Å². The van der Waals surface area contributed by atoms with Crippen LogP contribution in [0.1, 0.15) is 22.3 Å². The van der Waals surface area contributed by atoms with Crippen LogP contribution in [0.3, 0.4) is 0 Å². The highest BCUT2D eigenvalue weighted by Gasteiger charge is 2.35. The average Bonchev–Trinajstić information content (AvgIpc) is 2.99. The summed E-state index contributed by atoms with van der Waals surface area (Å²) in [7, 11) is -1.50. The molecule has 1 aliphatic heterocycles. The Morgan fingerprint density at radius 1 is 1.23 bits per heavy atom. The Labute approximate surface area is 162 Å². The van der Waals surface area contributed by atoms with Crippen molar-refractivity contribution >= 4 is 31.7 Å². The van der Waals surface area contributed by atoms with Gasteiger partial charge in [0.1, 0.15) is 5.75 Å². The van der Waals surface area contributed by atoms with Crippen LogP contribution >= 0.6 is 15.9 Å². The van der Waals surface area contributed by atoms with Crippen LogP contribution in [0, 0.1) is 0 Å². The number of ether oxygens (including phenoxy) is 1. The quantitative estimate of drug-likeness (QED) is 0.719. The molecule has 5 nitrogen and oxygen atoms in total. The predicted molar refractivity (Wildman–Crippen MR) is 104 cm³/mol. The van der Waals surface area contributed by atoms with E-state index in [9.17, 15) is 13.2 Å². The van der Waals surface area contributed by atoms with Crippen LogP contribution in [0.25, 0.3) is 0 Å². The molecule has 0 radical (unpaired) electrons. The van der Waals surface area contributed by atoms with Gasteiger partial charge in [-0.3, -0.25) is 4.79 Å². The first-order chi connectivity index (χ1) is 12.4. The van der Waals surface area contributed by atoms with Crippen molar-refractivity contribution in [2.45, 2.75) is 19.0 Å². The molecule has 26 heavy (non-hydrogen) atoms. The molecule has 0 aromatic heterocycles. The van der Waals surface area contributed by atoms with Crippen LogP contribution in [0.15, 0.2) is 53.0 Å². The molecule has 0 aliphatic carbocycles. The Hall–Kier alpha value is -1.86. The van der Waals surface area contributed by atoms with Crippen molar-refractivity contribution in [2.75, 3.05) is 18.6 Å². The van der Waals surface area contributed by atoms with Crippen LogP contribution in [0.5, 0.6) is 5.75 Å². The maximum absolute atomic E-state index is 13.1. The van der Waals surface area contributed by atoms with Crippen LogP contribution in [-0.4, -0.2) is 43.9 Å². The third kappa shape index (κ3) is 4.45. The number of benzene rings is 2. The molecule has 1 amide bonds. The van der Waals surface area contributed by atoms with E-state index in [1.54, 1.807) is 24.1 Å². The zero-order valence-corrected chi connectivity index (χ0v) is 16.8. The van der Waals surface area contributed by atoms with E-state index in [4.69, 9.17) is 4.74 Å². The summed E-state index contributed by atoms with van der Waals surface area (Å²) >= 11 is 3.36. The fourth-order valence-corrected chi connectivity index (χ4v) is 5.11. The number of sulfone groups is 1. The minimum atomic E-state index is -3.09. The summed E-state index contributed by atoms with van der Waals surface area (Å²) in [4.78, 5) is 14.8. The molecule has 0 saturated carbocycles. The lowest BCUT2D eigenvalue weighted by molar-refractivity contribution is 0.0680. The molecule has 0 unspecified atom stereocenters. The van der Waals surface area contributed by atoms with E-state index in [1.165, 1.54) is 0 Å². The number of nitrogens with zero attached hydrogens (tertiary/aromatic N) is 1.